The van der Waals surface area contributed by atoms with Gasteiger partial charge in [-0.05, 0) is 57.6 Å². The highest BCUT2D eigenvalue weighted by Gasteiger charge is 2.22. The molecule has 32 heavy (non-hydrogen) atoms. The minimum absolute atomic E-state index is 0.0708. The number of nitrogens with zero attached hydrogens (tertiary/aromatic N) is 2. The van der Waals surface area contributed by atoms with E-state index in [2.05, 4.69) is 27.8 Å². The first-order chi connectivity index (χ1) is 15.6. The van der Waals surface area contributed by atoms with Crippen molar-refractivity contribution in [2.45, 2.75) is 64.1 Å². The number of rotatable bonds is 9. The van der Waals surface area contributed by atoms with Crippen molar-refractivity contribution in [1.29, 1.82) is 0 Å². The van der Waals surface area contributed by atoms with Gasteiger partial charge in [0.1, 0.15) is 11.5 Å². The summed E-state index contributed by atoms with van der Waals surface area (Å²) in [5.74, 6) is 2.57. The van der Waals surface area contributed by atoms with E-state index < -0.39 is 0 Å². The average molecular weight is 446 g/mol. The maximum Gasteiger partial charge on any atom is 0.233 e. The fourth-order valence-corrected chi connectivity index (χ4v) is 4.28. The van der Waals surface area contributed by atoms with Gasteiger partial charge in [0.25, 0.3) is 0 Å². The van der Waals surface area contributed by atoms with Crippen LogP contribution in [-0.2, 0) is 11.3 Å². The number of aliphatic imine (C=N–C) groups is 1. The van der Waals surface area contributed by atoms with Crippen LogP contribution >= 0.6 is 0 Å². The molecule has 8 nitrogen and oxygen atoms in total. The lowest BCUT2D eigenvalue weighted by Gasteiger charge is -2.32. The molecule has 1 amide bonds. The number of nitrogens with one attached hydrogen (secondary N) is 3. The number of likely N-dealkylation sites (tertiary alicyclic amines) is 1. The quantitative estimate of drug-likeness (QED) is 0.399. The second-order valence-electron chi connectivity index (χ2n) is 8.56. The minimum atomic E-state index is 0.0708. The van der Waals surface area contributed by atoms with Gasteiger partial charge in [0, 0.05) is 44.4 Å². The van der Waals surface area contributed by atoms with Crippen molar-refractivity contribution in [1.82, 2.24) is 20.9 Å². The van der Waals surface area contributed by atoms with E-state index in [1.54, 1.807) is 14.2 Å². The van der Waals surface area contributed by atoms with E-state index in [9.17, 15) is 4.79 Å². The van der Waals surface area contributed by atoms with Gasteiger partial charge in [0.2, 0.25) is 5.91 Å². The van der Waals surface area contributed by atoms with E-state index in [1.807, 2.05) is 18.2 Å². The highest BCUT2D eigenvalue weighted by Crippen LogP contribution is 2.30. The number of hydrogen-bond acceptors (Lipinski definition) is 5. The summed E-state index contributed by atoms with van der Waals surface area (Å²) in [6.07, 6.45) is 6.96. The van der Waals surface area contributed by atoms with E-state index in [4.69, 9.17) is 14.5 Å². The van der Waals surface area contributed by atoms with Crippen LogP contribution in [0, 0.1) is 0 Å². The highest BCUT2D eigenvalue weighted by molar-refractivity contribution is 5.80. The molecule has 0 unspecified atom stereocenters. The molecule has 0 radical (unpaired) electrons. The molecule has 1 aromatic rings. The second kappa shape index (κ2) is 12.5. The van der Waals surface area contributed by atoms with Gasteiger partial charge >= 0.3 is 0 Å². The van der Waals surface area contributed by atoms with Crippen LogP contribution in [0.3, 0.4) is 0 Å². The van der Waals surface area contributed by atoms with Gasteiger partial charge in [-0.25, -0.2) is 4.99 Å². The molecular weight excluding hydrogens is 406 g/mol. The van der Waals surface area contributed by atoms with Crippen molar-refractivity contribution in [3.8, 4) is 11.5 Å². The molecule has 0 atom stereocenters. The molecule has 1 aliphatic heterocycles. The van der Waals surface area contributed by atoms with Crippen LogP contribution in [0.25, 0.3) is 0 Å². The van der Waals surface area contributed by atoms with Gasteiger partial charge in [-0.1, -0.05) is 0 Å². The van der Waals surface area contributed by atoms with Gasteiger partial charge in [-0.2, -0.15) is 0 Å². The summed E-state index contributed by atoms with van der Waals surface area (Å²) in [4.78, 5) is 18.6. The van der Waals surface area contributed by atoms with Gasteiger partial charge in [-0.3, -0.25) is 9.69 Å². The van der Waals surface area contributed by atoms with E-state index in [0.717, 1.165) is 68.3 Å². The Morgan fingerprint density at radius 3 is 2.59 bits per heavy atom. The van der Waals surface area contributed by atoms with Crippen LogP contribution in [-0.4, -0.2) is 69.2 Å². The molecule has 178 valence electrons. The third kappa shape index (κ3) is 7.29. The first-order valence-corrected chi connectivity index (χ1v) is 11.9. The topological polar surface area (TPSA) is 87.2 Å². The summed E-state index contributed by atoms with van der Waals surface area (Å²) >= 11 is 0. The molecule has 1 saturated heterocycles. The third-order valence-electron chi connectivity index (χ3n) is 6.20. The van der Waals surface area contributed by atoms with Crippen LogP contribution in [0.15, 0.2) is 23.2 Å². The molecule has 1 aromatic carbocycles. The summed E-state index contributed by atoms with van der Waals surface area (Å²) in [5.41, 5.74) is 1.07. The zero-order valence-corrected chi connectivity index (χ0v) is 19.8. The molecule has 1 aliphatic carbocycles. The number of likely N-dealkylation sites (N-methyl/N-ethyl adjacent to an activating group) is 1. The third-order valence-corrected chi connectivity index (χ3v) is 6.20. The summed E-state index contributed by atoms with van der Waals surface area (Å²) in [6.45, 7) is 5.70. The Hall–Kier alpha value is -2.48. The van der Waals surface area contributed by atoms with Crippen molar-refractivity contribution in [3.63, 3.8) is 0 Å². The first-order valence-electron chi connectivity index (χ1n) is 11.9. The lowest BCUT2D eigenvalue weighted by atomic mass is 10.1. The Morgan fingerprint density at radius 1 is 1.19 bits per heavy atom. The average Bonchev–Trinajstić information content (AvgIpc) is 3.32. The normalized spacial score (nSPS) is 18.4. The number of carbonyl (C=O) groups excluding carboxylic acids is 1. The predicted octanol–water partition coefficient (Wildman–Crippen LogP) is 2.28. The van der Waals surface area contributed by atoms with Crippen LogP contribution in [0.5, 0.6) is 11.5 Å². The molecule has 8 heteroatoms. The molecule has 3 N–H and O–H groups in total. The lowest BCUT2D eigenvalue weighted by molar-refractivity contribution is -0.122. The second-order valence-corrected chi connectivity index (χ2v) is 8.56. The standard InChI is InChI=1S/C24H39N5O3/c1-4-26-24(28-19-11-13-29(14-12-19)17-23(30)25-2)27-16-18-9-10-21(31-3)15-22(18)32-20-7-5-6-8-20/h9-10,15,19-20H,4-8,11-14,16-17H2,1-3H3,(H,25,30)(H2,26,27,28). The van der Waals surface area contributed by atoms with Crippen molar-refractivity contribution < 1.29 is 14.3 Å². The lowest BCUT2D eigenvalue weighted by Crippen LogP contribution is -2.50. The smallest absolute Gasteiger partial charge is 0.233 e. The van der Waals surface area contributed by atoms with Gasteiger partial charge in [0.05, 0.1) is 26.3 Å². The maximum atomic E-state index is 11.6. The number of amides is 1. The fraction of sp³-hybridized carbons (Fsp3) is 0.667. The largest absolute Gasteiger partial charge is 0.497 e. The number of benzene rings is 1. The van der Waals surface area contributed by atoms with E-state index in [0.29, 0.717) is 19.1 Å². The summed E-state index contributed by atoms with van der Waals surface area (Å²) in [6, 6.07) is 6.34. The van der Waals surface area contributed by atoms with Crippen molar-refractivity contribution >= 4 is 11.9 Å². The van der Waals surface area contributed by atoms with Crippen LogP contribution in [0.1, 0.15) is 51.0 Å². The molecule has 1 saturated carbocycles. The Morgan fingerprint density at radius 2 is 1.94 bits per heavy atom. The molecule has 2 fully saturated rings. The summed E-state index contributed by atoms with van der Waals surface area (Å²) < 4.78 is 11.7. The Kier molecular flexibility index (Phi) is 9.46. The number of hydrogen-bond donors (Lipinski definition) is 3. The summed E-state index contributed by atoms with van der Waals surface area (Å²) in [7, 11) is 3.36. The number of ether oxygens (including phenoxy) is 2. The highest BCUT2D eigenvalue weighted by atomic mass is 16.5. The Bertz CT molecular complexity index is 756. The Labute approximate surface area is 192 Å². The minimum Gasteiger partial charge on any atom is -0.497 e. The molecular formula is C24H39N5O3. The molecule has 2 aliphatic rings. The van der Waals surface area contributed by atoms with Gasteiger partial charge in [-0.15, -0.1) is 0 Å². The van der Waals surface area contributed by atoms with Crippen LogP contribution < -0.4 is 25.4 Å². The molecule has 0 aromatic heterocycles. The number of guanidine groups is 1. The first kappa shape index (κ1) is 24.2. The maximum absolute atomic E-state index is 11.6. The van der Waals surface area contributed by atoms with E-state index >= 15 is 0 Å². The predicted molar refractivity (Wildman–Crippen MR) is 127 cm³/mol. The summed E-state index contributed by atoms with van der Waals surface area (Å²) in [5, 5.41) is 9.64. The van der Waals surface area contributed by atoms with Gasteiger partial charge < -0.3 is 25.4 Å². The Balaban J connectivity index is 1.60. The monoisotopic (exact) mass is 445 g/mol. The zero-order chi connectivity index (χ0) is 22.8. The van der Waals surface area contributed by atoms with Crippen LogP contribution in [0.4, 0.5) is 0 Å². The van der Waals surface area contributed by atoms with E-state index in [1.165, 1.54) is 12.8 Å². The molecule has 3 rings (SSSR count). The molecule has 1 heterocycles. The van der Waals surface area contributed by atoms with Crippen molar-refractivity contribution in [2.75, 3.05) is 40.3 Å². The van der Waals surface area contributed by atoms with Gasteiger partial charge in [0.15, 0.2) is 5.96 Å². The SMILES string of the molecule is CCNC(=NCc1ccc(OC)cc1OC1CCCC1)NC1CCN(CC(=O)NC)CC1. The van der Waals surface area contributed by atoms with Crippen molar-refractivity contribution in [2.24, 2.45) is 4.99 Å². The molecule has 0 spiro atoms. The van der Waals surface area contributed by atoms with Crippen molar-refractivity contribution in [3.05, 3.63) is 23.8 Å². The zero-order valence-electron chi connectivity index (χ0n) is 19.8. The fourth-order valence-electron chi connectivity index (χ4n) is 4.28. The number of methoxy groups -OCH3 is 1. The van der Waals surface area contributed by atoms with Crippen LogP contribution in [0.2, 0.25) is 0 Å². The van der Waals surface area contributed by atoms with E-state index in [-0.39, 0.29) is 12.0 Å². The molecule has 0 bridgehead atoms. The number of carbonyl (C=O) groups is 1. The number of piperidine rings is 1.